The summed E-state index contributed by atoms with van der Waals surface area (Å²) in [5.74, 6) is 0. The van der Waals surface area contributed by atoms with Crippen molar-refractivity contribution in [2.75, 3.05) is 0 Å². The van der Waals surface area contributed by atoms with Gasteiger partial charge in [-0.25, -0.2) is 0 Å². The largest absolute Gasteiger partial charge is 0.494 e. The molecule has 1 unspecified atom stereocenters. The Balaban J connectivity index is 2.21. The smallest absolute Gasteiger partial charge is 0.402 e. The molecule has 3 heteroatoms. The maximum atomic E-state index is 5.88. The van der Waals surface area contributed by atoms with E-state index in [2.05, 4.69) is 39.8 Å². The van der Waals surface area contributed by atoms with Gasteiger partial charge in [0, 0.05) is 0 Å². The van der Waals surface area contributed by atoms with Crippen LogP contribution in [-0.2, 0) is 9.31 Å². The quantitative estimate of drug-likeness (QED) is 0.650. The molecular formula is C12H17BO2. The van der Waals surface area contributed by atoms with Gasteiger partial charge in [0.2, 0.25) is 0 Å². The highest BCUT2D eigenvalue weighted by atomic mass is 16.7. The first-order valence-electron chi connectivity index (χ1n) is 5.39. The van der Waals surface area contributed by atoms with Crippen LogP contribution in [0.2, 0.25) is 0 Å². The second-order valence-electron chi connectivity index (χ2n) is 4.75. The van der Waals surface area contributed by atoms with Crippen molar-refractivity contribution in [2.24, 2.45) is 0 Å². The molecule has 80 valence electrons. The van der Waals surface area contributed by atoms with Crippen molar-refractivity contribution in [1.29, 1.82) is 0 Å². The summed E-state index contributed by atoms with van der Waals surface area (Å²) in [7, 11) is -0.213. The first kappa shape index (κ1) is 10.7. The average Bonchev–Trinajstić information content (AvgIpc) is 2.42. The van der Waals surface area contributed by atoms with Crippen LogP contribution in [0.25, 0.3) is 0 Å². The van der Waals surface area contributed by atoms with Crippen LogP contribution in [0, 0.1) is 6.92 Å². The molecule has 1 aromatic rings. The molecule has 1 aliphatic rings. The molecule has 0 N–H and O–H groups in total. The van der Waals surface area contributed by atoms with Gasteiger partial charge in [0.25, 0.3) is 0 Å². The predicted molar refractivity (Wildman–Crippen MR) is 62.3 cm³/mol. The molecule has 1 atom stereocenters. The second-order valence-corrected chi connectivity index (χ2v) is 4.75. The minimum atomic E-state index is -0.213. The maximum Gasteiger partial charge on any atom is 0.494 e. The molecule has 0 spiro atoms. The zero-order valence-corrected chi connectivity index (χ0v) is 9.78. The standard InChI is InChI=1S/C12H17BO2/c1-9-6-5-7-11(8-9)13-14-10(2)12(3,4)15-13/h5-8,10H,1-4H3. The third kappa shape index (κ3) is 2.08. The van der Waals surface area contributed by atoms with E-state index in [1.807, 2.05) is 12.1 Å². The summed E-state index contributed by atoms with van der Waals surface area (Å²) in [6, 6.07) is 8.27. The summed E-state index contributed by atoms with van der Waals surface area (Å²) in [4.78, 5) is 0. The number of benzene rings is 1. The molecule has 0 aromatic heterocycles. The number of hydrogen-bond acceptors (Lipinski definition) is 2. The average molecular weight is 204 g/mol. The van der Waals surface area contributed by atoms with Gasteiger partial charge in [-0.2, -0.15) is 0 Å². The zero-order chi connectivity index (χ0) is 11.1. The van der Waals surface area contributed by atoms with Gasteiger partial charge in [-0.05, 0) is 33.2 Å². The molecule has 0 amide bonds. The Morgan fingerprint density at radius 2 is 2.07 bits per heavy atom. The number of rotatable bonds is 1. The molecule has 0 bridgehead atoms. The highest BCUT2D eigenvalue weighted by Crippen LogP contribution is 2.26. The Bertz CT molecular complexity index is 362. The summed E-state index contributed by atoms with van der Waals surface area (Å²) in [5.41, 5.74) is 2.14. The van der Waals surface area contributed by atoms with E-state index in [9.17, 15) is 0 Å². The summed E-state index contributed by atoms with van der Waals surface area (Å²) >= 11 is 0. The Hall–Kier alpha value is -0.795. The molecular weight excluding hydrogens is 187 g/mol. The lowest BCUT2D eigenvalue weighted by atomic mass is 9.78. The van der Waals surface area contributed by atoms with Crippen LogP contribution in [0.3, 0.4) is 0 Å². The van der Waals surface area contributed by atoms with Gasteiger partial charge in [0.1, 0.15) is 0 Å². The van der Waals surface area contributed by atoms with Gasteiger partial charge < -0.3 is 9.31 Å². The fourth-order valence-corrected chi connectivity index (χ4v) is 1.71. The van der Waals surface area contributed by atoms with Gasteiger partial charge >= 0.3 is 7.12 Å². The molecule has 1 heterocycles. The molecule has 1 saturated heterocycles. The van der Waals surface area contributed by atoms with Gasteiger partial charge in [-0.15, -0.1) is 0 Å². The van der Waals surface area contributed by atoms with Crippen LogP contribution in [-0.4, -0.2) is 18.8 Å². The van der Waals surface area contributed by atoms with Crippen molar-refractivity contribution < 1.29 is 9.31 Å². The topological polar surface area (TPSA) is 18.5 Å². The third-order valence-electron chi connectivity index (χ3n) is 3.03. The van der Waals surface area contributed by atoms with Crippen molar-refractivity contribution in [3.63, 3.8) is 0 Å². The molecule has 1 aliphatic heterocycles. The molecule has 1 aromatic carbocycles. The van der Waals surface area contributed by atoms with Crippen LogP contribution < -0.4 is 5.46 Å². The van der Waals surface area contributed by atoms with Gasteiger partial charge in [0.15, 0.2) is 0 Å². The molecule has 2 nitrogen and oxygen atoms in total. The summed E-state index contributed by atoms with van der Waals surface area (Å²) in [6.07, 6.45) is 0.128. The van der Waals surface area contributed by atoms with Gasteiger partial charge in [-0.1, -0.05) is 29.8 Å². The Morgan fingerprint density at radius 1 is 1.33 bits per heavy atom. The molecule has 2 rings (SSSR count). The lowest BCUT2D eigenvalue weighted by molar-refractivity contribution is 0.0842. The van der Waals surface area contributed by atoms with Crippen LogP contribution in [0.1, 0.15) is 26.3 Å². The number of aryl methyl sites for hydroxylation is 1. The predicted octanol–water partition coefficient (Wildman–Crippen LogP) is 1.90. The van der Waals surface area contributed by atoms with E-state index in [1.54, 1.807) is 0 Å². The first-order valence-corrected chi connectivity index (χ1v) is 5.39. The van der Waals surface area contributed by atoms with Crippen LogP contribution in [0.15, 0.2) is 24.3 Å². The van der Waals surface area contributed by atoms with Crippen LogP contribution in [0.4, 0.5) is 0 Å². The normalized spacial score (nSPS) is 24.5. The minimum Gasteiger partial charge on any atom is -0.402 e. The molecule has 15 heavy (non-hydrogen) atoms. The second kappa shape index (κ2) is 3.65. The van der Waals surface area contributed by atoms with Crippen molar-refractivity contribution in [1.82, 2.24) is 0 Å². The Morgan fingerprint density at radius 3 is 2.60 bits per heavy atom. The fourth-order valence-electron chi connectivity index (χ4n) is 1.71. The molecule has 0 aliphatic carbocycles. The van der Waals surface area contributed by atoms with Crippen molar-refractivity contribution in [2.45, 2.75) is 39.4 Å². The zero-order valence-electron chi connectivity index (χ0n) is 9.78. The SMILES string of the molecule is Cc1cccc(B2OC(C)C(C)(C)O2)c1. The van der Waals surface area contributed by atoms with Gasteiger partial charge in [0.05, 0.1) is 11.7 Å². The lowest BCUT2D eigenvalue weighted by Gasteiger charge is -2.21. The van der Waals surface area contributed by atoms with E-state index in [0.717, 1.165) is 5.46 Å². The highest BCUT2D eigenvalue weighted by Gasteiger charge is 2.43. The van der Waals surface area contributed by atoms with Crippen LogP contribution in [0.5, 0.6) is 0 Å². The molecule has 1 fully saturated rings. The summed E-state index contributed by atoms with van der Waals surface area (Å²) in [6.45, 7) is 8.25. The van der Waals surface area contributed by atoms with E-state index in [0.29, 0.717) is 0 Å². The molecule has 0 radical (unpaired) electrons. The Kier molecular flexibility index (Phi) is 2.61. The van der Waals surface area contributed by atoms with E-state index >= 15 is 0 Å². The fraction of sp³-hybridized carbons (Fsp3) is 0.500. The summed E-state index contributed by atoms with van der Waals surface area (Å²) in [5, 5.41) is 0. The number of hydrogen-bond donors (Lipinski definition) is 0. The highest BCUT2D eigenvalue weighted by molar-refractivity contribution is 6.62. The lowest BCUT2D eigenvalue weighted by Crippen LogP contribution is -2.34. The van der Waals surface area contributed by atoms with E-state index in [1.165, 1.54) is 5.56 Å². The van der Waals surface area contributed by atoms with E-state index in [4.69, 9.17) is 9.31 Å². The summed E-state index contributed by atoms with van der Waals surface area (Å²) < 4.78 is 11.7. The minimum absolute atomic E-state index is 0.128. The van der Waals surface area contributed by atoms with Crippen molar-refractivity contribution in [3.05, 3.63) is 29.8 Å². The van der Waals surface area contributed by atoms with Gasteiger partial charge in [-0.3, -0.25) is 0 Å². The van der Waals surface area contributed by atoms with Crippen molar-refractivity contribution >= 4 is 12.6 Å². The van der Waals surface area contributed by atoms with Crippen molar-refractivity contribution in [3.8, 4) is 0 Å². The van der Waals surface area contributed by atoms with E-state index < -0.39 is 0 Å². The monoisotopic (exact) mass is 204 g/mol. The maximum absolute atomic E-state index is 5.88. The third-order valence-corrected chi connectivity index (χ3v) is 3.03. The van der Waals surface area contributed by atoms with E-state index in [-0.39, 0.29) is 18.8 Å². The van der Waals surface area contributed by atoms with Crippen LogP contribution >= 0.6 is 0 Å². The Labute approximate surface area is 91.7 Å². The first-order chi connectivity index (χ1) is 6.99. The molecule has 0 saturated carbocycles.